The molecule has 3 aliphatic heterocycles. The van der Waals surface area contributed by atoms with Gasteiger partial charge in [-0.05, 0) is 79.4 Å². The molecule has 2 fully saturated rings. The Morgan fingerprint density at radius 1 is 1.15 bits per heavy atom. The van der Waals surface area contributed by atoms with Crippen LogP contribution >= 0.6 is 23.2 Å². The average molecular weight is 576 g/mol. The van der Waals surface area contributed by atoms with E-state index in [1.165, 1.54) is 6.07 Å². The van der Waals surface area contributed by atoms with Gasteiger partial charge in [0.25, 0.3) is 0 Å². The molecule has 4 atom stereocenters. The van der Waals surface area contributed by atoms with Crippen molar-refractivity contribution in [3.05, 3.63) is 63.4 Å². The van der Waals surface area contributed by atoms with E-state index in [2.05, 4.69) is 42.0 Å². The highest BCUT2D eigenvalue weighted by Crippen LogP contribution is 2.57. The number of halogens is 3. The Morgan fingerprint density at radius 2 is 1.90 bits per heavy atom. The minimum Gasteiger partial charge on any atom is -0.355 e. The van der Waals surface area contributed by atoms with Gasteiger partial charge in [-0.1, -0.05) is 62.2 Å². The normalized spacial score (nSPS) is 27.0. The lowest BCUT2D eigenvalue weighted by molar-refractivity contribution is -0.123. The molecule has 4 unspecified atom stereocenters. The summed E-state index contributed by atoms with van der Waals surface area (Å²) in [6, 6.07) is 8.81. The predicted molar refractivity (Wildman–Crippen MR) is 154 cm³/mol. The van der Waals surface area contributed by atoms with Crippen molar-refractivity contribution in [2.75, 3.05) is 25.0 Å². The number of hydrogen-bond donors (Lipinski definition) is 4. The first-order valence-electron chi connectivity index (χ1n) is 13.8. The second-order valence-electron chi connectivity index (χ2n) is 12.4. The molecule has 0 bridgehead atoms. The maximum absolute atomic E-state index is 15.8. The van der Waals surface area contributed by atoms with Crippen molar-refractivity contribution in [2.24, 2.45) is 11.3 Å². The molecule has 2 aromatic rings. The Balaban J connectivity index is 1.59. The number of amides is 2. The smallest absolute Gasteiger partial charge is 0.237 e. The Kier molecular flexibility index (Phi) is 7.99. The van der Waals surface area contributed by atoms with Crippen LogP contribution in [0, 0.1) is 17.2 Å². The van der Waals surface area contributed by atoms with Crippen LogP contribution in [0.3, 0.4) is 0 Å². The second kappa shape index (κ2) is 11.0. The second-order valence-corrected chi connectivity index (χ2v) is 13.2. The SMILES string of the molecule is CC(C)(C)CC1NC(C(=O)NCCC2CCNCC2)C(c2cccc(Cl)c2F)C12C(=O)Nc1cc(Cl)ccc12. The van der Waals surface area contributed by atoms with Gasteiger partial charge in [-0.15, -0.1) is 0 Å². The van der Waals surface area contributed by atoms with E-state index in [0.29, 0.717) is 35.2 Å². The van der Waals surface area contributed by atoms with Gasteiger partial charge in [0.15, 0.2) is 0 Å². The van der Waals surface area contributed by atoms with Crippen LogP contribution in [-0.4, -0.2) is 43.5 Å². The first-order valence-corrected chi connectivity index (χ1v) is 14.6. The molecule has 210 valence electrons. The summed E-state index contributed by atoms with van der Waals surface area (Å²) in [6.45, 7) is 8.81. The third-order valence-electron chi connectivity index (χ3n) is 8.53. The van der Waals surface area contributed by atoms with Gasteiger partial charge < -0.3 is 21.3 Å². The van der Waals surface area contributed by atoms with Gasteiger partial charge in [0.1, 0.15) is 11.2 Å². The number of anilines is 1. The number of rotatable bonds is 6. The average Bonchev–Trinajstić information content (AvgIpc) is 3.35. The predicted octanol–water partition coefficient (Wildman–Crippen LogP) is 5.39. The van der Waals surface area contributed by atoms with E-state index in [1.807, 2.05) is 6.07 Å². The van der Waals surface area contributed by atoms with Gasteiger partial charge in [-0.25, -0.2) is 4.39 Å². The van der Waals surface area contributed by atoms with Crippen LogP contribution < -0.4 is 21.3 Å². The van der Waals surface area contributed by atoms with E-state index < -0.39 is 29.2 Å². The van der Waals surface area contributed by atoms with E-state index in [0.717, 1.165) is 32.4 Å². The summed E-state index contributed by atoms with van der Waals surface area (Å²) >= 11 is 12.6. The largest absolute Gasteiger partial charge is 0.355 e. The molecule has 2 amide bonds. The molecular formula is C30H37Cl2FN4O2. The van der Waals surface area contributed by atoms with Gasteiger partial charge >= 0.3 is 0 Å². The van der Waals surface area contributed by atoms with Crippen LogP contribution in [-0.2, 0) is 15.0 Å². The topological polar surface area (TPSA) is 82.3 Å². The number of piperidine rings is 1. The van der Waals surface area contributed by atoms with Crippen LogP contribution in [0.15, 0.2) is 36.4 Å². The van der Waals surface area contributed by atoms with E-state index in [-0.39, 0.29) is 27.8 Å². The molecule has 0 aliphatic carbocycles. The van der Waals surface area contributed by atoms with Crippen molar-refractivity contribution in [2.45, 2.75) is 69.9 Å². The summed E-state index contributed by atoms with van der Waals surface area (Å²) in [6.07, 6.45) is 3.64. The molecule has 3 heterocycles. The van der Waals surface area contributed by atoms with Gasteiger partial charge in [-0.2, -0.15) is 0 Å². The molecule has 5 rings (SSSR count). The number of hydrogen-bond acceptors (Lipinski definition) is 4. The number of carbonyl (C=O) groups excluding carboxylic acids is 2. The fourth-order valence-corrected chi connectivity index (χ4v) is 7.19. The van der Waals surface area contributed by atoms with Crippen LogP contribution in [0.1, 0.15) is 63.5 Å². The molecule has 4 N–H and O–H groups in total. The van der Waals surface area contributed by atoms with Crippen LogP contribution in [0.4, 0.5) is 10.1 Å². The minimum absolute atomic E-state index is 0.0401. The lowest BCUT2D eigenvalue weighted by atomic mass is 9.62. The summed E-state index contributed by atoms with van der Waals surface area (Å²) in [7, 11) is 0. The van der Waals surface area contributed by atoms with Crippen LogP contribution in [0.2, 0.25) is 10.0 Å². The van der Waals surface area contributed by atoms with Gasteiger partial charge in [0.2, 0.25) is 11.8 Å². The van der Waals surface area contributed by atoms with Crippen molar-refractivity contribution in [1.29, 1.82) is 0 Å². The standard InChI is InChI=1S/C30H37Cl2FN4O2/c1-29(2,3)16-23-30(20-8-7-18(31)15-22(20)36-28(30)39)24(19-5-4-6-21(32)25(19)33)26(37-23)27(38)35-14-11-17-9-12-34-13-10-17/h4-8,15,17,23-24,26,34,37H,9-14,16H2,1-3H3,(H,35,38)(H,36,39). The number of carbonyl (C=O) groups is 2. The zero-order chi connectivity index (χ0) is 27.9. The molecule has 2 saturated heterocycles. The summed E-state index contributed by atoms with van der Waals surface area (Å²) in [5.41, 5.74) is 0.136. The highest BCUT2D eigenvalue weighted by molar-refractivity contribution is 6.31. The van der Waals surface area contributed by atoms with E-state index >= 15 is 4.39 Å². The Bertz CT molecular complexity index is 1260. The number of benzene rings is 2. The highest BCUT2D eigenvalue weighted by Gasteiger charge is 2.66. The first kappa shape index (κ1) is 28.3. The quantitative estimate of drug-likeness (QED) is 0.373. The van der Waals surface area contributed by atoms with Crippen molar-refractivity contribution in [3.8, 4) is 0 Å². The van der Waals surface area contributed by atoms with E-state index in [9.17, 15) is 9.59 Å². The number of nitrogens with one attached hydrogen (secondary N) is 4. The summed E-state index contributed by atoms with van der Waals surface area (Å²) < 4.78 is 15.8. The van der Waals surface area contributed by atoms with Crippen molar-refractivity contribution in [3.63, 3.8) is 0 Å². The van der Waals surface area contributed by atoms with Crippen molar-refractivity contribution in [1.82, 2.24) is 16.0 Å². The van der Waals surface area contributed by atoms with Crippen LogP contribution in [0.5, 0.6) is 0 Å². The molecule has 0 saturated carbocycles. The fraction of sp³-hybridized carbons (Fsp3) is 0.533. The Morgan fingerprint density at radius 3 is 2.62 bits per heavy atom. The zero-order valence-electron chi connectivity index (χ0n) is 22.7. The maximum Gasteiger partial charge on any atom is 0.237 e. The van der Waals surface area contributed by atoms with Gasteiger partial charge in [0, 0.05) is 29.2 Å². The lowest BCUT2D eigenvalue weighted by Gasteiger charge is -2.37. The lowest BCUT2D eigenvalue weighted by Crippen LogP contribution is -2.49. The third kappa shape index (κ3) is 5.31. The monoisotopic (exact) mass is 574 g/mol. The number of fused-ring (bicyclic) bond motifs is 2. The fourth-order valence-electron chi connectivity index (χ4n) is 6.83. The molecule has 39 heavy (non-hydrogen) atoms. The molecule has 0 radical (unpaired) electrons. The third-order valence-corrected chi connectivity index (χ3v) is 9.06. The first-order chi connectivity index (χ1) is 18.5. The van der Waals surface area contributed by atoms with Crippen molar-refractivity contribution < 1.29 is 14.0 Å². The van der Waals surface area contributed by atoms with Gasteiger partial charge in [-0.3, -0.25) is 9.59 Å². The molecule has 9 heteroatoms. The Hall–Kier alpha value is -2.19. The van der Waals surface area contributed by atoms with E-state index in [4.69, 9.17) is 23.2 Å². The molecular weight excluding hydrogens is 538 g/mol. The molecule has 1 spiro atoms. The molecule has 3 aliphatic rings. The maximum atomic E-state index is 15.8. The zero-order valence-corrected chi connectivity index (χ0v) is 24.2. The minimum atomic E-state index is -1.24. The van der Waals surface area contributed by atoms with E-state index in [1.54, 1.807) is 24.3 Å². The Labute approximate surface area is 239 Å². The van der Waals surface area contributed by atoms with Crippen molar-refractivity contribution >= 4 is 40.7 Å². The van der Waals surface area contributed by atoms with Gasteiger partial charge in [0.05, 0.1) is 11.1 Å². The molecule has 0 aromatic heterocycles. The van der Waals surface area contributed by atoms with Crippen LogP contribution in [0.25, 0.3) is 0 Å². The molecule has 2 aromatic carbocycles. The summed E-state index contributed by atoms with van der Waals surface area (Å²) in [5, 5.41) is 13.5. The summed E-state index contributed by atoms with van der Waals surface area (Å²) in [4.78, 5) is 28.0. The molecule has 6 nitrogen and oxygen atoms in total. The highest BCUT2D eigenvalue weighted by atomic mass is 35.5. The summed E-state index contributed by atoms with van der Waals surface area (Å²) in [5.74, 6) is -1.38.